The molecule has 3 rings (SSSR count). The monoisotopic (exact) mass is 209 g/mol. The molecule has 15 heavy (non-hydrogen) atoms. The highest BCUT2D eigenvalue weighted by Gasteiger charge is 2.29. The molecule has 2 aliphatic rings. The van der Waals surface area contributed by atoms with Crippen LogP contribution in [0.3, 0.4) is 0 Å². The Labute approximate surface area is 87.9 Å². The number of aliphatic hydroxyl groups excluding tert-OH is 1. The van der Waals surface area contributed by atoms with E-state index < -0.39 is 0 Å². The van der Waals surface area contributed by atoms with Gasteiger partial charge in [-0.05, 0) is 25.2 Å². The van der Waals surface area contributed by atoms with E-state index >= 15 is 0 Å². The van der Waals surface area contributed by atoms with E-state index in [0.29, 0.717) is 18.9 Å². The summed E-state index contributed by atoms with van der Waals surface area (Å²) in [5, 5.41) is 16.5. The molecule has 0 unspecified atom stereocenters. The van der Waals surface area contributed by atoms with Crippen LogP contribution in [0.1, 0.15) is 37.0 Å². The number of nitrogens with one attached hydrogen (secondary N) is 1. The number of β-amino-alcohol motifs (C(OH)–C–C–N with tert-alkyl or cyclic N) is 1. The van der Waals surface area contributed by atoms with E-state index in [1.165, 1.54) is 12.8 Å². The molecule has 5 heteroatoms. The molecule has 5 nitrogen and oxygen atoms in total. The molecule has 0 spiro atoms. The molecule has 0 aromatic carbocycles. The maximum atomic E-state index is 9.37. The highest BCUT2D eigenvalue weighted by atomic mass is 16.5. The van der Waals surface area contributed by atoms with Crippen molar-refractivity contribution in [3.8, 4) is 0 Å². The minimum Gasteiger partial charge on any atom is -0.392 e. The fourth-order valence-corrected chi connectivity index (χ4v) is 1.98. The zero-order chi connectivity index (χ0) is 10.3. The van der Waals surface area contributed by atoms with Crippen LogP contribution in [-0.4, -0.2) is 27.9 Å². The summed E-state index contributed by atoms with van der Waals surface area (Å²) in [7, 11) is 0. The molecule has 82 valence electrons. The van der Waals surface area contributed by atoms with E-state index in [1.54, 1.807) is 0 Å². The van der Waals surface area contributed by atoms with Crippen LogP contribution in [0.5, 0.6) is 0 Å². The van der Waals surface area contributed by atoms with Gasteiger partial charge < -0.3 is 14.9 Å². The molecule has 1 saturated heterocycles. The fourth-order valence-electron chi connectivity index (χ4n) is 1.98. The number of aromatic nitrogens is 2. The predicted octanol–water partition coefficient (Wildman–Crippen LogP) is 0.417. The Kier molecular flexibility index (Phi) is 2.21. The number of nitrogens with zero attached hydrogens (tertiary/aromatic N) is 2. The van der Waals surface area contributed by atoms with Crippen LogP contribution in [0.2, 0.25) is 0 Å². The van der Waals surface area contributed by atoms with Gasteiger partial charge in [0.25, 0.3) is 0 Å². The molecule has 2 atom stereocenters. The lowest BCUT2D eigenvalue weighted by atomic mass is 10.2. The Hall–Kier alpha value is -0.940. The Balaban J connectivity index is 1.66. The van der Waals surface area contributed by atoms with Crippen molar-refractivity contribution >= 4 is 0 Å². The summed E-state index contributed by atoms with van der Waals surface area (Å²) in [5.41, 5.74) is 0. The van der Waals surface area contributed by atoms with Gasteiger partial charge in [0.15, 0.2) is 5.82 Å². The van der Waals surface area contributed by atoms with Gasteiger partial charge in [0.2, 0.25) is 5.89 Å². The molecule has 1 aromatic rings. The first-order valence-electron chi connectivity index (χ1n) is 5.55. The van der Waals surface area contributed by atoms with Gasteiger partial charge in [0.1, 0.15) is 0 Å². The molecule has 1 aliphatic carbocycles. The molecule has 0 radical (unpaired) electrons. The third-order valence-corrected chi connectivity index (χ3v) is 3.06. The van der Waals surface area contributed by atoms with Crippen LogP contribution in [0.25, 0.3) is 0 Å². The van der Waals surface area contributed by atoms with E-state index in [-0.39, 0.29) is 12.1 Å². The van der Waals surface area contributed by atoms with Gasteiger partial charge in [-0.25, -0.2) is 0 Å². The van der Waals surface area contributed by atoms with Crippen LogP contribution >= 0.6 is 0 Å². The van der Waals surface area contributed by atoms with Crippen molar-refractivity contribution in [1.29, 1.82) is 0 Å². The fraction of sp³-hybridized carbons (Fsp3) is 0.800. The number of aliphatic hydroxyl groups is 1. The summed E-state index contributed by atoms with van der Waals surface area (Å²) in [6.45, 7) is 0.616. The molecule has 1 aromatic heterocycles. The zero-order valence-corrected chi connectivity index (χ0v) is 8.52. The second kappa shape index (κ2) is 3.57. The number of hydrogen-bond acceptors (Lipinski definition) is 5. The highest BCUT2D eigenvalue weighted by molar-refractivity contribution is 4.99. The largest absolute Gasteiger partial charge is 0.392 e. The quantitative estimate of drug-likeness (QED) is 0.754. The average molecular weight is 209 g/mol. The maximum Gasteiger partial charge on any atom is 0.243 e. The highest BCUT2D eigenvalue weighted by Crippen LogP contribution is 2.32. The van der Waals surface area contributed by atoms with Crippen molar-refractivity contribution < 1.29 is 9.63 Å². The molecular weight excluding hydrogens is 194 g/mol. The van der Waals surface area contributed by atoms with E-state index in [1.807, 2.05) is 0 Å². The summed E-state index contributed by atoms with van der Waals surface area (Å²) in [6.07, 6.45) is 3.92. The molecule has 0 amide bonds. The van der Waals surface area contributed by atoms with Crippen molar-refractivity contribution in [2.24, 2.45) is 5.92 Å². The van der Waals surface area contributed by atoms with E-state index in [2.05, 4.69) is 15.5 Å². The standard InChI is InChI=1S/C10H15N3O2/c14-7-4-8(11-5-7)10-12-9(13-15-10)3-6-1-2-6/h6-8,11,14H,1-5H2/t7-,8-/m1/s1. The summed E-state index contributed by atoms with van der Waals surface area (Å²) >= 11 is 0. The minimum absolute atomic E-state index is 0.0421. The first-order valence-corrected chi connectivity index (χ1v) is 5.55. The van der Waals surface area contributed by atoms with Crippen molar-refractivity contribution in [3.05, 3.63) is 11.7 Å². The summed E-state index contributed by atoms with van der Waals surface area (Å²) in [5.74, 6) is 2.22. The van der Waals surface area contributed by atoms with Crippen LogP contribution in [0.4, 0.5) is 0 Å². The lowest BCUT2D eigenvalue weighted by Crippen LogP contribution is -2.15. The predicted molar refractivity (Wildman–Crippen MR) is 52.1 cm³/mol. The normalized spacial score (nSPS) is 31.0. The smallest absolute Gasteiger partial charge is 0.243 e. The average Bonchev–Trinajstić information content (AvgIpc) is 2.74. The van der Waals surface area contributed by atoms with Crippen LogP contribution in [0, 0.1) is 5.92 Å². The molecule has 2 heterocycles. The van der Waals surface area contributed by atoms with Gasteiger partial charge >= 0.3 is 0 Å². The Morgan fingerprint density at radius 3 is 3.00 bits per heavy atom. The van der Waals surface area contributed by atoms with E-state index in [0.717, 1.165) is 18.2 Å². The molecule has 0 bridgehead atoms. The first kappa shape index (κ1) is 9.30. The van der Waals surface area contributed by atoms with Crippen molar-refractivity contribution in [2.75, 3.05) is 6.54 Å². The molecular formula is C10H15N3O2. The van der Waals surface area contributed by atoms with Crippen LogP contribution in [0.15, 0.2) is 4.52 Å². The first-order chi connectivity index (χ1) is 7.31. The van der Waals surface area contributed by atoms with E-state index in [4.69, 9.17) is 4.52 Å². The van der Waals surface area contributed by atoms with Crippen molar-refractivity contribution in [1.82, 2.24) is 15.5 Å². The van der Waals surface area contributed by atoms with Gasteiger partial charge in [-0.2, -0.15) is 4.98 Å². The lowest BCUT2D eigenvalue weighted by Gasteiger charge is -2.01. The molecule has 2 fully saturated rings. The van der Waals surface area contributed by atoms with Gasteiger partial charge in [-0.15, -0.1) is 0 Å². The number of hydrogen-bond donors (Lipinski definition) is 2. The zero-order valence-electron chi connectivity index (χ0n) is 8.52. The van der Waals surface area contributed by atoms with Crippen molar-refractivity contribution in [2.45, 2.75) is 37.8 Å². The minimum atomic E-state index is -0.284. The molecule has 2 N–H and O–H groups in total. The molecule has 1 saturated carbocycles. The Bertz CT molecular complexity index is 348. The second-order valence-electron chi connectivity index (χ2n) is 4.55. The third-order valence-electron chi connectivity index (χ3n) is 3.06. The van der Waals surface area contributed by atoms with Gasteiger partial charge in [0, 0.05) is 13.0 Å². The summed E-state index contributed by atoms with van der Waals surface area (Å²) in [6, 6.07) is 0.0421. The lowest BCUT2D eigenvalue weighted by molar-refractivity contribution is 0.191. The van der Waals surface area contributed by atoms with Gasteiger partial charge in [-0.1, -0.05) is 5.16 Å². The van der Waals surface area contributed by atoms with Crippen LogP contribution in [-0.2, 0) is 6.42 Å². The number of rotatable bonds is 3. The maximum absolute atomic E-state index is 9.37. The van der Waals surface area contributed by atoms with Crippen molar-refractivity contribution in [3.63, 3.8) is 0 Å². The summed E-state index contributed by atoms with van der Waals surface area (Å²) < 4.78 is 5.19. The van der Waals surface area contributed by atoms with Crippen LogP contribution < -0.4 is 5.32 Å². The Morgan fingerprint density at radius 2 is 2.33 bits per heavy atom. The second-order valence-corrected chi connectivity index (χ2v) is 4.55. The third kappa shape index (κ3) is 2.03. The summed E-state index contributed by atoms with van der Waals surface area (Å²) in [4.78, 5) is 4.36. The van der Waals surface area contributed by atoms with Gasteiger partial charge in [-0.3, -0.25) is 0 Å². The SMILES string of the molecule is O[C@H]1CN[C@@H](c2nc(CC3CC3)no2)C1. The van der Waals surface area contributed by atoms with E-state index in [9.17, 15) is 5.11 Å². The molecule has 1 aliphatic heterocycles. The van der Waals surface area contributed by atoms with Gasteiger partial charge in [0.05, 0.1) is 12.1 Å². The Morgan fingerprint density at radius 1 is 1.47 bits per heavy atom. The topological polar surface area (TPSA) is 71.2 Å².